The Morgan fingerprint density at radius 1 is 1.07 bits per heavy atom. The van der Waals surface area contributed by atoms with Crippen molar-refractivity contribution in [2.24, 2.45) is 0 Å². The first-order chi connectivity index (χ1) is 14.7. The first-order valence-corrected chi connectivity index (χ1v) is 9.50. The van der Waals surface area contributed by atoms with Gasteiger partial charge in [0.25, 0.3) is 0 Å². The smallest absolute Gasteiger partial charge is 0.155 e. The molecule has 3 aromatic heterocycles. The first kappa shape index (κ1) is 17.7. The molecule has 6 nitrogen and oxygen atoms in total. The summed E-state index contributed by atoms with van der Waals surface area (Å²) < 4.78 is 7.60. The zero-order chi connectivity index (χ0) is 20.5. The highest BCUT2D eigenvalue weighted by molar-refractivity contribution is 5.92. The number of fused-ring (bicyclic) bond motifs is 1. The van der Waals surface area contributed by atoms with Gasteiger partial charge >= 0.3 is 0 Å². The lowest BCUT2D eigenvalue weighted by atomic mass is 10.1. The number of para-hydroxylation sites is 3. The van der Waals surface area contributed by atoms with Crippen LogP contribution >= 0.6 is 0 Å². The average Bonchev–Trinajstić information content (AvgIpc) is 3.50. The zero-order valence-electron chi connectivity index (χ0n) is 16.2. The predicted octanol–water partition coefficient (Wildman–Crippen LogP) is 5.38. The minimum absolute atomic E-state index is 0.420. The minimum Gasteiger partial charge on any atom is -0.460 e. The Balaban J connectivity index is 1.66. The van der Waals surface area contributed by atoms with Gasteiger partial charge in [0, 0.05) is 11.8 Å². The standard InChI is InChI=1S/C24H17N5O/c1-16-11-12-22(30-16)23-18(15-29(28-23)19-7-3-2-4-8-19)13-17(14-25)24-26-20-9-5-6-10-21(20)27-24/h2-13,15H,1H3,(H,26,27)/b17-13+. The van der Waals surface area contributed by atoms with Gasteiger partial charge in [-0.2, -0.15) is 10.4 Å². The van der Waals surface area contributed by atoms with Gasteiger partial charge in [0.05, 0.1) is 22.3 Å². The molecule has 2 aromatic carbocycles. The molecule has 0 fully saturated rings. The van der Waals surface area contributed by atoms with Crippen molar-refractivity contribution in [2.45, 2.75) is 6.92 Å². The molecule has 0 aliphatic heterocycles. The molecule has 0 aliphatic carbocycles. The van der Waals surface area contributed by atoms with E-state index in [0.717, 1.165) is 28.0 Å². The maximum Gasteiger partial charge on any atom is 0.155 e. The Morgan fingerprint density at radius 3 is 2.60 bits per heavy atom. The number of hydrogen-bond acceptors (Lipinski definition) is 4. The van der Waals surface area contributed by atoms with Crippen LogP contribution in [-0.2, 0) is 0 Å². The number of aromatic nitrogens is 4. The summed E-state index contributed by atoms with van der Waals surface area (Å²) in [5, 5.41) is 14.6. The number of H-pyrrole nitrogens is 1. The molecule has 0 atom stereocenters. The normalized spacial score (nSPS) is 11.7. The molecule has 0 unspecified atom stereocenters. The third-order valence-electron chi connectivity index (χ3n) is 4.80. The number of nitrogens with one attached hydrogen (secondary N) is 1. The average molecular weight is 391 g/mol. The number of rotatable bonds is 4. The van der Waals surface area contributed by atoms with Crippen LogP contribution in [0.15, 0.2) is 77.3 Å². The van der Waals surface area contributed by atoms with Crippen molar-refractivity contribution in [3.05, 3.63) is 90.1 Å². The summed E-state index contributed by atoms with van der Waals surface area (Å²) in [5.74, 6) is 1.97. The number of benzene rings is 2. The lowest BCUT2D eigenvalue weighted by Crippen LogP contribution is -1.93. The van der Waals surface area contributed by atoms with E-state index in [1.54, 1.807) is 10.8 Å². The van der Waals surface area contributed by atoms with Crippen molar-refractivity contribution in [3.8, 4) is 23.2 Å². The van der Waals surface area contributed by atoms with Crippen LogP contribution in [0.3, 0.4) is 0 Å². The van der Waals surface area contributed by atoms with Gasteiger partial charge in [-0.1, -0.05) is 30.3 Å². The fourth-order valence-corrected chi connectivity index (χ4v) is 3.35. The van der Waals surface area contributed by atoms with Crippen LogP contribution in [0.25, 0.3) is 39.8 Å². The van der Waals surface area contributed by atoms with E-state index in [1.165, 1.54) is 0 Å². The summed E-state index contributed by atoms with van der Waals surface area (Å²) in [6.07, 6.45) is 3.68. The number of allylic oxidation sites excluding steroid dienone is 1. The van der Waals surface area contributed by atoms with E-state index in [1.807, 2.05) is 79.9 Å². The maximum atomic E-state index is 9.83. The number of furan rings is 1. The summed E-state index contributed by atoms with van der Waals surface area (Å²) in [6, 6.07) is 23.6. The topological polar surface area (TPSA) is 83.4 Å². The Bertz CT molecular complexity index is 1380. The molecule has 0 saturated carbocycles. The largest absolute Gasteiger partial charge is 0.460 e. The quantitative estimate of drug-likeness (QED) is 0.417. The molecule has 0 amide bonds. The van der Waals surface area contributed by atoms with E-state index in [0.29, 0.717) is 22.9 Å². The van der Waals surface area contributed by atoms with Crippen molar-refractivity contribution >= 4 is 22.7 Å². The molecule has 3 heterocycles. The summed E-state index contributed by atoms with van der Waals surface area (Å²) in [5.41, 5.74) is 4.47. The summed E-state index contributed by atoms with van der Waals surface area (Å²) in [7, 11) is 0. The van der Waals surface area contributed by atoms with Gasteiger partial charge in [-0.15, -0.1) is 0 Å². The Morgan fingerprint density at radius 2 is 1.87 bits per heavy atom. The summed E-state index contributed by atoms with van der Waals surface area (Å²) in [4.78, 5) is 7.77. The van der Waals surface area contributed by atoms with Crippen LogP contribution in [-0.4, -0.2) is 19.7 Å². The van der Waals surface area contributed by atoms with Crippen LogP contribution in [0.4, 0.5) is 0 Å². The highest BCUT2D eigenvalue weighted by atomic mass is 16.3. The molecule has 0 aliphatic rings. The van der Waals surface area contributed by atoms with Crippen LogP contribution < -0.4 is 0 Å². The summed E-state index contributed by atoms with van der Waals surface area (Å²) in [6.45, 7) is 1.89. The van der Waals surface area contributed by atoms with E-state index in [9.17, 15) is 5.26 Å². The fourth-order valence-electron chi connectivity index (χ4n) is 3.35. The Kier molecular flexibility index (Phi) is 4.26. The van der Waals surface area contributed by atoms with E-state index in [2.05, 4.69) is 16.0 Å². The van der Waals surface area contributed by atoms with E-state index in [4.69, 9.17) is 9.52 Å². The molecule has 5 aromatic rings. The zero-order valence-corrected chi connectivity index (χ0v) is 16.2. The van der Waals surface area contributed by atoms with Crippen LogP contribution in [0, 0.1) is 18.3 Å². The van der Waals surface area contributed by atoms with Gasteiger partial charge in [-0.3, -0.25) is 0 Å². The highest BCUT2D eigenvalue weighted by Crippen LogP contribution is 2.29. The molecule has 5 rings (SSSR count). The molecule has 1 N–H and O–H groups in total. The van der Waals surface area contributed by atoms with Gasteiger partial charge in [-0.05, 0) is 49.4 Å². The molecule has 0 saturated heterocycles. The van der Waals surface area contributed by atoms with Gasteiger partial charge in [0.2, 0.25) is 0 Å². The lowest BCUT2D eigenvalue weighted by Gasteiger charge is -1.98. The number of nitriles is 1. The van der Waals surface area contributed by atoms with Crippen molar-refractivity contribution in [1.29, 1.82) is 5.26 Å². The van der Waals surface area contributed by atoms with E-state index >= 15 is 0 Å². The SMILES string of the molecule is Cc1ccc(-c2nn(-c3ccccc3)cc2/C=C(\C#N)c2nc3ccccc3[nH]2)o1. The molecular formula is C24H17N5O. The number of imidazole rings is 1. The second kappa shape index (κ2) is 7.22. The molecule has 0 radical (unpaired) electrons. The molecule has 0 bridgehead atoms. The third-order valence-corrected chi connectivity index (χ3v) is 4.80. The Labute approximate surface area is 172 Å². The van der Waals surface area contributed by atoms with Crippen molar-refractivity contribution in [2.75, 3.05) is 0 Å². The van der Waals surface area contributed by atoms with Crippen molar-refractivity contribution in [3.63, 3.8) is 0 Å². The van der Waals surface area contributed by atoms with Crippen LogP contribution in [0.1, 0.15) is 17.1 Å². The number of aryl methyl sites for hydroxylation is 1. The molecule has 0 spiro atoms. The lowest BCUT2D eigenvalue weighted by molar-refractivity contribution is 0.545. The highest BCUT2D eigenvalue weighted by Gasteiger charge is 2.16. The first-order valence-electron chi connectivity index (χ1n) is 9.50. The molecule has 6 heteroatoms. The monoisotopic (exact) mass is 391 g/mol. The van der Waals surface area contributed by atoms with Gasteiger partial charge in [0.15, 0.2) is 5.76 Å². The second-order valence-corrected chi connectivity index (χ2v) is 6.90. The third kappa shape index (κ3) is 3.19. The second-order valence-electron chi connectivity index (χ2n) is 6.90. The van der Waals surface area contributed by atoms with Crippen LogP contribution in [0.5, 0.6) is 0 Å². The molecular weight excluding hydrogens is 374 g/mol. The fraction of sp³-hybridized carbons (Fsp3) is 0.0417. The van der Waals surface area contributed by atoms with Crippen molar-refractivity contribution in [1.82, 2.24) is 19.7 Å². The van der Waals surface area contributed by atoms with Gasteiger partial charge in [-0.25, -0.2) is 9.67 Å². The summed E-state index contributed by atoms with van der Waals surface area (Å²) >= 11 is 0. The number of aromatic amines is 1. The molecule has 30 heavy (non-hydrogen) atoms. The van der Waals surface area contributed by atoms with E-state index < -0.39 is 0 Å². The maximum absolute atomic E-state index is 9.83. The van der Waals surface area contributed by atoms with E-state index in [-0.39, 0.29) is 0 Å². The minimum atomic E-state index is 0.420. The number of nitrogens with zero attached hydrogens (tertiary/aromatic N) is 4. The Hall–Kier alpha value is -4.37. The predicted molar refractivity (Wildman–Crippen MR) is 116 cm³/mol. The van der Waals surface area contributed by atoms with Crippen molar-refractivity contribution < 1.29 is 4.42 Å². The van der Waals surface area contributed by atoms with Gasteiger partial charge < -0.3 is 9.40 Å². The molecule has 144 valence electrons. The van der Waals surface area contributed by atoms with Gasteiger partial charge in [0.1, 0.15) is 23.3 Å². The van der Waals surface area contributed by atoms with Crippen LogP contribution in [0.2, 0.25) is 0 Å². The number of hydrogen-bond donors (Lipinski definition) is 1.